The molecule has 0 bridgehead atoms. The van der Waals surface area contributed by atoms with Crippen molar-refractivity contribution in [1.29, 1.82) is 0 Å². The Hall–Kier alpha value is -3.61. The summed E-state index contributed by atoms with van der Waals surface area (Å²) in [5.74, 6) is -0.151. The second-order valence-electron chi connectivity index (χ2n) is 6.55. The van der Waals surface area contributed by atoms with Gasteiger partial charge in [0.1, 0.15) is 5.75 Å². The summed E-state index contributed by atoms with van der Waals surface area (Å²) in [6, 6.07) is 14.5. The van der Waals surface area contributed by atoms with Crippen LogP contribution >= 0.6 is 0 Å². The number of rotatable bonds is 7. The summed E-state index contributed by atoms with van der Waals surface area (Å²) in [6.45, 7) is 0.496. The van der Waals surface area contributed by atoms with Crippen molar-refractivity contribution in [2.24, 2.45) is 0 Å². The lowest BCUT2D eigenvalue weighted by atomic mass is 10.2. The first-order chi connectivity index (χ1) is 14.1. The molecule has 0 atom stereocenters. The van der Waals surface area contributed by atoms with E-state index in [4.69, 9.17) is 4.74 Å². The van der Waals surface area contributed by atoms with Crippen LogP contribution in [0.1, 0.15) is 18.4 Å². The van der Waals surface area contributed by atoms with Gasteiger partial charge in [-0.2, -0.15) is 0 Å². The quantitative estimate of drug-likeness (QED) is 0.708. The molecule has 2 aromatic rings. The number of methoxy groups -OCH3 is 1. The number of nitrogens with zero attached hydrogens (tertiary/aromatic N) is 1. The Morgan fingerprint density at radius 1 is 1.17 bits per heavy atom. The molecule has 7 heteroatoms. The molecule has 0 aromatic heterocycles. The van der Waals surface area contributed by atoms with E-state index in [1.807, 2.05) is 30.3 Å². The van der Waals surface area contributed by atoms with Crippen LogP contribution in [0.25, 0.3) is 6.08 Å². The molecule has 0 aliphatic carbocycles. The van der Waals surface area contributed by atoms with Crippen molar-refractivity contribution in [2.45, 2.75) is 12.8 Å². The van der Waals surface area contributed by atoms with Crippen molar-refractivity contribution in [2.75, 3.05) is 30.4 Å². The SMILES string of the molecule is COc1cc(NC(=O)CNC(=O)/C=C/c2ccccc2)ccc1N1CCCC1=O. The zero-order chi connectivity index (χ0) is 20.6. The third kappa shape index (κ3) is 5.44. The van der Waals surface area contributed by atoms with Crippen molar-refractivity contribution >= 4 is 35.2 Å². The Morgan fingerprint density at radius 3 is 2.66 bits per heavy atom. The van der Waals surface area contributed by atoms with Crippen LogP contribution in [0.5, 0.6) is 5.75 Å². The standard InChI is InChI=1S/C22H23N3O4/c1-29-19-14-17(10-11-18(19)25-13-5-8-22(25)28)24-21(27)15-23-20(26)12-9-16-6-3-2-4-7-16/h2-4,6-7,9-12,14H,5,8,13,15H2,1H3,(H,23,26)(H,24,27)/b12-9+. The molecule has 3 amide bonds. The Morgan fingerprint density at radius 2 is 1.97 bits per heavy atom. The molecule has 0 radical (unpaired) electrons. The van der Waals surface area contributed by atoms with Gasteiger partial charge in [-0.1, -0.05) is 30.3 Å². The Bertz CT molecular complexity index is 925. The first-order valence-electron chi connectivity index (χ1n) is 9.36. The lowest BCUT2D eigenvalue weighted by Gasteiger charge is -2.19. The average Bonchev–Trinajstić information content (AvgIpc) is 3.17. The predicted molar refractivity (Wildman–Crippen MR) is 112 cm³/mol. The van der Waals surface area contributed by atoms with Crippen LogP contribution in [0, 0.1) is 0 Å². The normalized spacial score (nSPS) is 13.6. The Balaban J connectivity index is 1.54. The van der Waals surface area contributed by atoms with Crippen LogP contribution in [0.3, 0.4) is 0 Å². The number of hydrogen-bond donors (Lipinski definition) is 2. The fourth-order valence-electron chi connectivity index (χ4n) is 3.05. The lowest BCUT2D eigenvalue weighted by molar-refractivity contribution is -0.121. The molecule has 1 aliphatic heterocycles. The van der Waals surface area contributed by atoms with Gasteiger partial charge in [0.2, 0.25) is 17.7 Å². The number of ether oxygens (including phenoxy) is 1. The molecule has 3 rings (SSSR count). The van der Waals surface area contributed by atoms with E-state index in [1.54, 1.807) is 29.2 Å². The van der Waals surface area contributed by atoms with Gasteiger partial charge >= 0.3 is 0 Å². The van der Waals surface area contributed by atoms with Crippen LogP contribution in [-0.4, -0.2) is 37.9 Å². The number of carbonyl (C=O) groups is 3. The Labute approximate surface area is 169 Å². The van der Waals surface area contributed by atoms with Crippen molar-refractivity contribution in [3.05, 3.63) is 60.2 Å². The summed E-state index contributed by atoms with van der Waals surface area (Å²) in [7, 11) is 1.52. The van der Waals surface area contributed by atoms with Crippen LogP contribution in [0.15, 0.2) is 54.6 Å². The summed E-state index contributed by atoms with van der Waals surface area (Å²) < 4.78 is 5.38. The zero-order valence-electron chi connectivity index (χ0n) is 16.2. The molecule has 2 aromatic carbocycles. The molecule has 7 nitrogen and oxygen atoms in total. The molecule has 1 saturated heterocycles. The highest BCUT2D eigenvalue weighted by Crippen LogP contribution is 2.33. The number of benzene rings is 2. The Kier molecular flexibility index (Phi) is 6.63. The minimum Gasteiger partial charge on any atom is -0.494 e. The third-order valence-corrected chi connectivity index (χ3v) is 4.48. The van der Waals surface area contributed by atoms with Gasteiger partial charge in [0.15, 0.2) is 0 Å². The molecular formula is C22H23N3O4. The average molecular weight is 393 g/mol. The van der Waals surface area contributed by atoms with E-state index in [-0.39, 0.29) is 24.3 Å². The number of carbonyl (C=O) groups excluding carboxylic acids is 3. The van der Waals surface area contributed by atoms with E-state index in [0.717, 1.165) is 12.0 Å². The fraction of sp³-hybridized carbons (Fsp3) is 0.227. The summed E-state index contributed by atoms with van der Waals surface area (Å²) in [5, 5.41) is 5.26. The van der Waals surface area contributed by atoms with E-state index < -0.39 is 0 Å². The van der Waals surface area contributed by atoms with Gasteiger partial charge in [-0.05, 0) is 30.2 Å². The molecule has 1 heterocycles. The van der Waals surface area contributed by atoms with Gasteiger partial charge < -0.3 is 20.3 Å². The minimum atomic E-state index is -0.362. The van der Waals surface area contributed by atoms with Crippen LogP contribution < -0.4 is 20.3 Å². The van der Waals surface area contributed by atoms with E-state index in [2.05, 4.69) is 10.6 Å². The molecule has 1 aliphatic rings. The highest BCUT2D eigenvalue weighted by atomic mass is 16.5. The molecule has 0 unspecified atom stereocenters. The second kappa shape index (κ2) is 9.54. The van der Waals surface area contributed by atoms with Crippen molar-refractivity contribution in [3.63, 3.8) is 0 Å². The lowest BCUT2D eigenvalue weighted by Crippen LogP contribution is -2.31. The monoisotopic (exact) mass is 393 g/mol. The van der Waals surface area contributed by atoms with Crippen LogP contribution in [-0.2, 0) is 14.4 Å². The van der Waals surface area contributed by atoms with Gasteiger partial charge in [-0.25, -0.2) is 0 Å². The first kappa shape index (κ1) is 20.1. The maximum atomic E-state index is 12.1. The summed E-state index contributed by atoms with van der Waals surface area (Å²) in [4.78, 5) is 37.6. The molecule has 0 spiro atoms. The summed E-state index contributed by atoms with van der Waals surface area (Å²) >= 11 is 0. The molecule has 1 fully saturated rings. The molecule has 2 N–H and O–H groups in total. The highest BCUT2D eigenvalue weighted by Gasteiger charge is 2.24. The molecule has 0 saturated carbocycles. The summed E-state index contributed by atoms with van der Waals surface area (Å²) in [6.07, 6.45) is 4.41. The van der Waals surface area contributed by atoms with E-state index in [0.29, 0.717) is 30.1 Å². The van der Waals surface area contributed by atoms with E-state index in [9.17, 15) is 14.4 Å². The zero-order valence-corrected chi connectivity index (χ0v) is 16.2. The van der Waals surface area contributed by atoms with Crippen molar-refractivity contribution in [1.82, 2.24) is 5.32 Å². The van der Waals surface area contributed by atoms with E-state index >= 15 is 0 Å². The van der Waals surface area contributed by atoms with Gasteiger partial charge in [0, 0.05) is 30.8 Å². The smallest absolute Gasteiger partial charge is 0.244 e. The van der Waals surface area contributed by atoms with E-state index in [1.165, 1.54) is 13.2 Å². The number of hydrogen-bond acceptors (Lipinski definition) is 4. The second-order valence-corrected chi connectivity index (χ2v) is 6.55. The van der Waals surface area contributed by atoms with Crippen LogP contribution in [0.2, 0.25) is 0 Å². The molecular weight excluding hydrogens is 370 g/mol. The first-order valence-corrected chi connectivity index (χ1v) is 9.36. The van der Waals surface area contributed by atoms with Gasteiger partial charge in [-0.15, -0.1) is 0 Å². The van der Waals surface area contributed by atoms with Crippen LogP contribution in [0.4, 0.5) is 11.4 Å². The highest BCUT2D eigenvalue weighted by molar-refractivity contribution is 5.99. The van der Waals surface area contributed by atoms with Gasteiger partial charge in [0.05, 0.1) is 19.3 Å². The largest absolute Gasteiger partial charge is 0.494 e. The number of anilines is 2. The van der Waals surface area contributed by atoms with Crippen molar-refractivity contribution in [3.8, 4) is 5.75 Å². The third-order valence-electron chi connectivity index (χ3n) is 4.48. The fourth-order valence-corrected chi connectivity index (χ4v) is 3.05. The van der Waals surface area contributed by atoms with Gasteiger partial charge in [0.25, 0.3) is 0 Å². The maximum absolute atomic E-state index is 12.1. The maximum Gasteiger partial charge on any atom is 0.244 e. The number of amides is 3. The predicted octanol–water partition coefficient (Wildman–Crippen LogP) is 2.59. The topological polar surface area (TPSA) is 87.7 Å². The van der Waals surface area contributed by atoms with Crippen molar-refractivity contribution < 1.29 is 19.1 Å². The van der Waals surface area contributed by atoms with Gasteiger partial charge in [-0.3, -0.25) is 14.4 Å². The number of nitrogens with one attached hydrogen (secondary N) is 2. The molecule has 150 valence electrons. The molecule has 29 heavy (non-hydrogen) atoms. The summed E-state index contributed by atoms with van der Waals surface area (Å²) in [5.41, 5.74) is 2.11. The minimum absolute atomic E-state index is 0.0614.